The van der Waals surface area contributed by atoms with Gasteiger partial charge in [0.2, 0.25) is 0 Å². The highest BCUT2D eigenvalue weighted by Gasteiger charge is 2.19. The fourth-order valence-corrected chi connectivity index (χ4v) is 8.13. The Labute approximate surface area is 374 Å². The van der Waals surface area contributed by atoms with E-state index in [1.54, 1.807) is 0 Å². The van der Waals surface area contributed by atoms with Crippen LogP contribution in [0.5, 0.6) is 0 Å². The van der Waals surface area contributed by atoms with Crippen LogP contribution in [0, 0.1) is 11.8 Å². The molecule has 0 bridgehead atoms. The first-order valence-corrected chi connectivity index (χ1v) is 26.8. The zero-order valence-corrected chi connectivity index (χ0v) is 41.1. The van der Waals surface area contributed by atoms with Crippen molar-refractivity contribution in [2.45, 2.75) is 304 Å². The number of carbonyl (C=O) groups excluding carboxylic acids is 3. The third-order valence-electron chi connectivity index (χ3n) is 12.6. The van der Waals surface area contributed by atoms with Crippen LogP contribution >= 0.6 is 0 Å². The van der Waals surface area contributed by atoms with Gasteiger partial charge in [0.15, 0.2) is 6.10 Å². The van der Waals surface area contributed by atoms with Crippen LogP contribution in [0.15, 0.2) is 0 Å². The number of rotatable bonds is 48. The fourth-order valence-electron chi connectivity index (χ4n) is 8.13. The van der Waals surface area contributed by atoms with E-state index in [0.717, 1.165) is 69.6 Å². The van der Waals surface area contributed by atoms with Gasteiger partial charge in [-0.25, -0.2) is 0 Å². The van der Waals surface area contributed by atoms with Crippen LogP contribution in [0.2, 0.25) is 0 Å². The Morgan fingerprint density at radius 1 is 0.350 bits per heavy atom. The molecule has 0 heterocycles. The van der Waals surface area contributed by atoms with E-state index in [-0.39, 0.29) is 31.1 Å². The molecule has 1 unspecified atom stereocenters. The number of esters is 3. The number of unbranched alkanes of at least 4 members (excludes halogenated alkanes) is 32. The van der Waals surface area contributed by atoms with Crippen molar-refractivity contribution in [2.75, 3.05) is 13.2 Å². The van der Waals surface area contributed by atoms with Crippen LogP contribution in [-0.4, -0.2) is 37.2 Å². The van der Waals surface area contributed by atoms with Crippen LogP contribution in [0.3, 0.4) is 0 Å². The van der Waals surface area contributed by atoms with E-state index in [4.69, 9.17) is 14.2 Å². The van der Waals surface area contributed by atoms with Crippen LogP contribution in [0.4, 0.5) is 0 Å². The molecule has 0 aromatic rings. The first-order chi connectivity index (χ1) is 29.3. The second-order valence-electron chi connectivity index (χ2n) is 19.2. The van der Waals surface area contributed by atoms with Crippen molar-refractivity contribution in [2.24, 2.45) is 11.8 Å². The summed E-state index contributed by atoms with van der Waals surface area (Å²) in [5.74, 6) is 0.872. The standard InChI is InChI=1S/C54H104O6/c1-6-8-9-10-11-22-29-34-39-44-52(55)58-47-51(60-54(57)46-41-36-31-26-21-20-24-28-33-38-43-50(5)7-2)48-59-53(56)45-40-35-30-25-19-17-15-13-12-14-16-18-23-27-32-37-42-49(3)4/h49-51H,6-48H2,1-5H3/t50?,51-/m1/s1. The van der Waals surface area contributed by atoms with Gasteiger partial charge in [-0.05, 0) is 31.1 Å². The van der Waals surface area contributed by atoms with E-state index in [1.165, 1.54) is 186 Å². The molecule has 6 heteroatoms. The quantitative estimate of drug-likeness (QED) is 0.0345. The van der Waals surface area contributed by atoms with E-state index in [1.807, 2.05) is 0 Å². The van der Waals surface area contributed by atoms with Gasteiger partial charge in [-0.3, -0.25) is 14.4 Å². The number of hydrogen-bond acceptors (Lipinski definition) is 6. The van der Waals surface area contributed by atoms with Gasteiger partial charge in [-0.15, -0.1) is 0 Å². The van der Waals surface area contributed by atoms with Gasteiger partial charge in [0.25, 0.3) is 0 Å². The monoisotopic (exact) mass is 849 g/mol. The van der Waals surface area contributed by atoms with Crippen LogP contribution in [0.25, 0.3) is 0 Å². The zero-order valence-electron chi connectivity index (χ0n) is 41.1. The molecule has 0 saturated heterocycles. The molecule has 60 heavy (non-hydrogen) atoms. The molecule has 0 amide bonds. The predicted molar refractivity (Wildman–Crippen MR) is 256 cm³/mol. The highest BCUT2D eigenvalue weighted by Crippen LogP contribution is 2.18. The number of hydrogen-bond donors (Lipinski definition) is 0. The van der Waals surface area contributed by atoms with Crippen molar-refractivity contribution in [3.63, 3.8) is 0 Å². The van der Waals surface area contributed by atoms with Crippen molar-refractivity contribution in [3.8, 4) is 0 Å². The predicted octanol–water partition coefficient (Wildman–Crippen LogP) is 17.3. The van der Waals surface area contributed by atoms with Gasteiger partial charge in [0.1, 0.15) is 13.2 Å². The fraction of sp³-hybridized carbons (Fsp3) is 0.944. The SMILES string of the molecule is CCCCCCCCCCCC(=O)OC[C@H](COC(=O)CCCCCCCCCCCCCCCCCCC(C)C)OC(=O)CCCCCCCCCCCCC(C)CC. The van der Waals surface area contributed by atoms with E-state index < -0.39 is 6.10 Å². The second-order valence-corrected chi connectivity index (χ2v) is 19.2. The second kappa shape index (κ2) is 46.9. The summed E-state index contributed by atoms with van der Waals surface area (Å²) in [6, 6.07) is 0. The molecular weight excluding hydrogens is 745 g/mol. The topological polar surface area (TPSA) is 78.9 Å². The normalized spacial score (nSPS) is 12.5. The maximum Gasteiger partial charge on any atom is 0.306 e. The molecule has 0 radical (unpaired) electrons. The average Bonchev–Trinajstić information content (AvgIpc) is 3.23. The molecule has 0 spiro atoms. The lowest BCUT2D eigenvalue weighted by Crippen LogP contribution is -2.30. The Morgan fingerprint density at radius 3 is 0.950 bits per heavy atom. The molecule has 0 fully saturated rings. The minimum atomic E-state index is -0.761. The van der Waals surface area contributed by atoms with Gasteiger partial charge in [0, 0.05) is 19.3 Å². The van der Waals surface area contributed by atoms with E-state index in [0.29, 0.717) is 19.3 Å². The molecule has 6 nitrogen and oxygen atoms in total. The molecule has 0 saturated carbocycles. The Balaban J connectivity index is 4.23. The molecule has 0 aliphatic rings. The third-order valence-corrected chi connectivity index (χ3v) is 12.6. The first-order valence-electron chi connectivity index (χ1n) is 26.8. The summed E-state index contributed by atoms with van der Waals surface area (Å²) in [6.07, 6.45) is 48.0. The summed E-state index contributed by atoms with van der Waals surface area (Å²) in [6.45, 7) is 11.4. The van der Waals surface area contributed by atoms with Gasteiger partial charge in [-0.2, -0.15) is 0 Å². The number of carbonyl (C=O) groups is 3. The van der Waals surface area contributed by atoms with E-state index in [9.17, 15) is 14.4 Å². The highest BCUT2D eigenvalue weighted by atomic mass is 16.6. The van der Waals surface area contributed by atoms with Gasteiger partial charge in [0.05, 0.1) is 0 Å². The highest BCUT2D eigenvalue weighted by molar-refractivity contribution is 5.71. The molecule has 0 rings (SSSR count). The Bertz CT molecular complexity index is 918. The van der Waals surface area contributed by atoms with Crippen molar-refractivity contribution in [3.05, 3.63) is 0 Å². The van der Waals surface area contributed by atoms with Crippen molar-refractivity contribution in [1.82, 2.24) is 0 Å². The largest absolute Gasteiger partial charge is 0.462 e. The minimum absolute atomic E-state index is 0.0635. The summed E-state index contributed by atoms with van der Waals surface area (Å²) in [5.41, 5.74) is 0. The Kier molecular flexibility index (Phi) is 45.7. The molecule has 356 valence electrons. The Morgan fingerprint density at radius 2 is 0.633 bits per heavy atom. The van der Waals surface area contributed by atoms with Crippen LogP contribution in [0.1, 0.15) is 298 Å². The van der Waals surface area contributed by atoms with E-state index >= 15 is 0 Å². The summed E-state index contributed by atoms with van der Waals surface area (Å²) in [4.78, 5) is 37.9. The van der Waals surface area contributed by atoms with Crippen LogP contribution < -0.4 is 0 Å². The summed E-state index contributed by atoms with van der Waals surface area (Å²) in [5, 5.41) is 0. The molecular formula is C54H104O6. The summed E-state index contributed by atoms with van der Waals surface area (Å²) in [7, 11) is 0. The zero-order chi connectivity index (χ0) is 44.0. The lowest BCUT2D eigenvalue weighted by molar-refractivity contribution is -0.167. The molecule has 0 aromatic heterocycles. The minimum Gasteiger partial charge on any atom is -0.462 e. The molecule has 0 N–H and O–H groups in total. The lowest BCUT2D eigenvalue weighted by Gasteiger charge is -2.18. The average molecular weight is 849 g/mol. The van der Waals surface area contributed by atoms with Crippen molar-refractivity contribution in [1.29, 1.82) is 0 Å². The van der Waals surface area contributed by atoms with Crippen molar-refractivity contribution >= 4 is 17.9 Å². The van der Waals surface area contributed by atoms with Gasteiger partial charge >= 0.3 is 17.9 Å². The van der Waals surface area contributed by atoms with Gasteiger partial charge in [-0.1, -0.05) is 259 Å². The first kappa shape index (κ1) is 58.4. The van der Waals surface area contributed by atoms with Gasteiger partial charge < -0.3 is 14.2 Å². The van der Waals surface area contributed by atoms with E-state index in [2.05, 4.69) is 34.6 Å². The summed E-state index contributed by atoms with van der Waals surface area (Å²) >= 11 is 0. The molecule has 2 atom stereocenters. The Hall–Kier alpha value is -1.59. The molecule has 0 aliphatic carbocycles. The van der Waals surface area contributed by atoms with Crippen molar-refractivity contribution < 1.29 is 28.6 Å². The lowest BCUT2D eigenvalue weighted by atomic mass is 9.99. The maximum absolute atomic E-state index is 12.8. The smallest absolute Gasteiger partial charge is 0.306 e. The number of ether oxygens (including phenoxy) is 3. The van der Waals surface area contributed by atoms with Crippen LogP contribution in [-0.2, 0) is 28.6 Å². The molecule has 0 aliphatic heterocycles. The third kappa shape index (κ3) is 45.9. The maximum atomic E-state index is 12.8. The summed E-state index contributed by atoms with van der Waals surface area (Å²) < 4.78 is 16.8. The molecule has 0 aromatic carbocycles.